The van der Waals surface area contributed by atoms with E-state index in [-0.39, 0.29) is 34.5 Å². The number of amides is 3. The van der Waals surface area contributed by atoms with Gasteiger partial charge < -0.3 is 20.2 Å². The summed E-state index contributed by atoms with van der Waals surface area (Å²) in [6.07, 6.45) is 4.69. The Bertz CT molecular complexity index is 1380. The third kappa shape index (κ3) is 7.07. The molecule has 14 nitrogen and oxygen atoms in total. The highest BCUT2D eigenvalue weighted by Crippen LogP contribution is 2.38. The Morgan fingerprint density at radius 3 is 2.78 bits per heavy atom. The number of non-ortho nitro benzene ring substituents is 1. The maximum absolute atomic E-state index is 13.2. The number of hydrogen-bond acceptors (Lipinski definition) is 12. The molecule has 0 saturated carbocycles. The summed E-state index contributed by atoms with van der Waals surface area (Å²) in [5.41, 5.74) is 0.537. The van der Waals surface area contributed by atoms with Crippen molar-refractivity contribution in [3.8, 4) is 0 Å². The van der Waals surface area contributed by atoms with Gasteiger partial charge in [0.15, 0.2) is 10.8 Å². The lowest BCUT2D eigenvalue weighted by atomic mass is 10.0. The Kier molecular flexibility index (Phi) is 10.0. The van der Waals surface area contributed by atoms with E-state index in [2.05, 4.69) is 20.8 Å². The summed E-state index contributed by atoms with van der Waals surface area (Å²) in [6.45, 7) is 2.19. The number of rotatable bonds is 14. The van der Waals surface area contributed by atoms with Crippen molar-refractivity contribution in [2.75, 3.05) is 17.7 Å². The molecule has 2 aliphatic heterocycles. The Morgan fingerprint density at radius 1 is 1.29 bits per heavy atom. The van der Waals surface area contributed by atoms with E-state index in [9.17, 15) is 29.3 Å². The van der Waals surface area contributed by atoms with Crippen LogP contribution in [0.1, 0.15) is 37.4 Å². The number of nitrogens with one attached hydrogen (secondary N) is 2. The van der Waals surface area contributed by atoms with Crippen molar-refractivity contribution in [3.63, 3.8) is 0 Å². The van der Waals surface area contributed by atoms with Gasteiger partial charge in [0.05, 0.1) is 4.92 Å². The molecule has 3 heterocycles. The smallest absolute Gasteiger partial charge is 0.355 e. The van der Waals surface area contributed by atoms with Crippen LogP contribution in [-0.2, 0) is 35.4 Å². The van der Waals surface area contributed by atoms with Gasteiger partial charge in [-0.05, 0) is 30.2 Å². The molecule has 0 radical (unpaired) electrons. The third-order valence-corrected chi connectivity index (χ3v) is 7.96. The number of aromatic nitrogens is 1. The summed E-state index contributed by atoms with van der Waals surface area (Å²) >= 11 is 2.46. The number of hydrogen-bond donors (Lipinski definition) is 2. The minimum Gasteiger partial charge on any atom is -0.456 e. The Morgan fingerprint density at radius 2 is 2.07 bits per heavy atom. The number of unbranched alkanes of at least 4 members (excludes halogenated alkanes) is 2. The number of oxime groups is 1. The second-order valence-electron chi connectivity index (χ2n) is 8.75. The minimum atomic E-state index is -0.935. The van der Waals surface area contributed by atoms with E-state index < -0.39 is 34.1 Å². The number of benzene rings is 1. The lowest BCUT2D eigenvalue weighted by Gasteiger charge is -2.48. The highest BCUT2D eigenvalue weighted by molar-refractivity contribution is 8.00. The zero-order valence-electron chi connectivity index (χ0n) is 21.8. The maximum atomic E-state index is 13.2. The Balaban J connectivity index is 1.39. The topological polar surface area (TPSA) is 182 Å². The second-order valence-corrected chi connectivity index (χ2v) is 10.8. The van der Waals surface area contributed by atoms with Crippen LogP contribution >= 0.6 is 23.1 Å². The van der Waals surface area contributed by atoms with Gasteiger partial charge in [-0.1, -0.05) is 24.9 Å². The van der Waals surface area contributed by atoms with Crippen LogP contribution in [0.4, 0.5) is 10.8 Å². The molecule has 0 bridgehead atoms. The van der Waals surface area contributed by atoms with Crippen molar-refractivity contribution in [3.05, 3.63) is 62.8 Å². The number of thioether (sulfide) groups is 1. The highest BCUT2D eigenvalue weighted by Gasteiger charge is 2.53. The lowest BCUT2D eigenvalue weighted by molar-refractivity contribution is -0.384. The van der Waals surface area contributed by atoms with Crippen molar-refractivity contribution in [2.45, 2.75) is 44.2 Å². The van der Waals surface area contributed by atoms with Gasteiger partial charge in [-0.2, -0.15) is 0 Å². The molecule has 1 saturated heterocycles. The van der Waals surface area contributed by atoms with Crippen LogP contribution in [0.15, 0.2) is 46.6 Å². The van der Waals surface area contributed by atoms with Crippen LogP contribution in [0, 0.1) is 10.1 Å². The Hall–Kier alpha value is -4.31. The first-order valence-corrected chi connectivity index (χ1v) is 14.5. The molecule has 1 unspecified atom stereocenters. The van der Waals surface area contributed by atoms with E-state index >= 15 is 0 Å². The van der Waals surface area contributed by atoms with E-state index in [4.69, 9.17) is 9.57 Å². The molecule has 0 spiro atoms. The number of nitro benzene ring substituents is 1. The number of ether oxygens (including phenoxy) is 1. The van der Waals surface area contributed by atoms with E-state index in [1.807, 2.05) is 6.92 Å². The number of carbonyl (C=O) groups excluding carboxylic acids is 4. The molecule has 2 atom stereocenters. The normalized spacial score (nSPS) is 18.0. The largest absolute Gasteiger partial charge is 0.456 e. The second kappa shape index (κ2) is 13.8. The number of esters is 1. The van der Waals surface area contributed by atoms with E-state index in [1.165, 1.54) is 46.3 Å². The van der Waals surface area contributed by atoms with Crippen molar-refractivity contribution < 1.29 is 33.7 Å². The van der Waals surface area contributed by atoms with E-state index in [1.54, 1.807) is 6.08 Å². The summed E-state index contributed by atoms with van der Waals surface area (Å²) in [7, 11) is 0. The molecule has 1 fully saturated rings. The fourth-order valence-electron chi connectivity index (χ4n) is 3.91. The van der Waals surface area contributed by atoms with Crippen LogP contribution in [-0.4, -0.2) is 68.5 Å². The molecule has 0 aliphatic carbocycles. The quantitative estimate of drug-likeness (QED) is 0.0620. The van der Waals surface area contributed by atoms with Crippen LogP contribution in [0.3, 0.4) is 0 Å². The molecule has 3 amide bonds. The van der Waals surface area contributed by atoms with Crippen LogP contribution < -0.4 is 10.6 Å². The van der Waals surface area contributed by atoms with Crippen molar-refractivity contribution in [1.29, 1.82) is 0 Å². The van der Waals surface area contributed by atoms with Gasteiger partial charge in [0.25, 0.3) is 17.5 Å². The predicted octanol–water partition coefficient (Wildman–Crippen LogP) is 2.56. The number of nitrogens with zero attached hydrogens (tertiary/aromatic N) is 4. The number of β-lactam (4-membered cyclic amide) rings is 1. The van der Waals surface area contributed by atoms with Gasteiger partial charge in [0.2, 0.25) is 6.41 Å². The van der Waals surface area contributed by atoms with Crippen molar-refractivity contribution in [2.24, 2.45) is 5.16 Å². The van der Waals surface area contributed by atoms with Gasteiger partial charge in [0, 0.05) is 23.3 Å². The Labute approximate surface area is 242 Å². The zero-order valence-corrected chi connectivity index (χ0v) is 23.4. The molecule has 2 aliphatic rings. The summed E-state index contributed by atoms with van der Waals surface area (Å²) < 4.78 is 5.33. The standard InChI is InChI=1S/C25H26N6O8S2/c1-2-3-4-10-39-29-19(17-13-41-25(27-17)26-14-32)21(33)28-20-22(34)30-18(9-11-40-23(20)30)24(35)38-12-15-5-7-16(8-6-15)31(36)37/h5-9,13-14,20,23H,2-4,10-12H2,1H3,(H,28,33)(H,26,27,32)/b29-19+/t20?,23-/m1/s1. The first kappa shape index (κ1) is 29.7. The summed E-state index contributed by atoms with van der Waals surface area (Å²) in [5, 5.41) is 21.1. The molecule has 216 valence electrons. The van der Waals surface area contributed by atoms with Crippen molar-refractivity contribution >= 4 is 63.8 Å². The molecule has 41 heavy (non-hydrogen) atoms. The van der Waals surface area contributed by atoms with Crippen LogP contribution in [0.2, 0.25) is 0 Å². The number of fused-ring (bicyclic) bond motifs is 1. The number of carbonyl (C=O) groups is 4. The van der Waals surface area contributed by atoms with E-state index in [0.29, 0.717) is 24.3 Å². The van der Waals surface area contributed by atoms with Gasteiger partial charge in [-0.25, -0.2) is 9.78 Å². The highest BCUT2D eigenvalue weighted by atomic mass is 32.2. The molecular weight excluding hydrogens is 576 g/mol. The average Bonchev–Trinajstić information content (AvgIpc) is 3.44. The lowest BCUT2D eigenvalue weighted by Crippen LogP contribution is -2.70. The molecule has 1 aromatic heterocycles. The molecular formula is C25H26N6O8S2. The van der Waals surface area contributed by atoms with Gasteiger partial charge in [-0.3, -0.25) is 29.4 Å². The molecule has 2 aromatic rings. The summed E-state index contributed by atoms with van der Waals surface area (Å²) in [6, 6.07) is 4.64. The summed E-state index contributed by atoms with van der Waals surface area (Å²) in [5.74, 6) is -1.53. The fourth-order valence-corrected chi connectivity index (χ4v) is 5.76. The zero-order chi connectivity index (χ0) is 29.4. The number of thiazole rings is 1. The van der Waals surface area contributed by atoms with Crippen LogP contribution in [0.25, 0.3) is 0 Å². The van der Waals surface area contributed by atoms with Crippen molar-refractivity contribution in [1.82, 2.24) is 15.2 Å². The first-order valence-electron chi connectivity index (χ1n) is 12.6. The van der Waals surface area contributed by atoms with Gasteiger partial charge in [0.1, 0.15) is 36.0 Å². The van der Waals surface area contributed by atoms with Gasteiger partial charge >= 0.3 is 5.97 Å². The number of nitro groups is 1. The summed E-state index contributed by atoms with van der Waals surface area (Å²) in [4.78, 5) is 70.9. The minimum absolute atomic E-state index is 0.0587. The number of anilines is 1. The SMILES string of the molecule is CCCCCO/N=C(/C(=O)NC1C(=O)N2C(C(=O)OCc3ccc([N+](=O)[O-])cc3)=CCS[C@H]12)c1csc(NC=O)n1. The maximum Gasteiger partial charge on any atom is 0.355 e. The monoisotopic (exact) mass is 602 g/mol. The fraction of sp³-hybridized carbons (Fsp3) is 0.360. The molecule has 1 aromatic carbocycles. The first-order chi connectivity index (χ1) is 19.8. The van der Waals surface area contributed by atoms with Crippen LogP contribution in [0.5, 0.6) is 0 Å². The third-order valence-electron chi connectivity index (χ3n) is 6.00. The van der Waals surface area contributed by atoms with Gasteiger partial charge in [-0.15, -0.1) is 23.1 Å². The molecule has 16 heteroatoms. The predicted molar refractivity (Wildman–Crippen MR) is 150 cm³/mol. The van der Waals surface area contributed by atoms with E-state index in [0.717, 1.165) is 30.6 Å². The molecule has 4 rings (SSSR count). The molecule has 2 N–H and O–H groups in total. The average molecular weight is 603 g/mol.